The zero-order chi connectivity index (χ0) is 16.6. The van der Waals surface area contributed by atoms with Gasteiger partial charge in [0, 0.05) is 24.4 Å². The van der Waals surface area contributed by atoms with Crippen LogP contribution in [0.5, 0.6) is 0 Å². The predicted octanol–water partition coefficient (Wildman–Crippen LogP) is 2.00. The number of nitrogens with one attached hydrogen (secondary N) is 1. The van der Waals surface area contributed by atoms with Gasteiger partial charge in [0.15, 0.2) is 0 Å². The van der Waals surface area contributed by atoms with Crippen molar-refractivity contribution < 1.29 is 13.2 Å². The number of nitrogens with zero attached hydrogens (tertiary/aromatic N) is 2. The van der Waals surface area contributed by atoms with Crippen molar-refractivity contribution in [3.05, 3.63) is 11.3 Å². The molecule has 3 aliphatic rings. The number of piperidine rings is 1. The van der Waals surface area contributed by atoms with Gasteiger partial charge in [0.05, 0.1) is 12.1 Å². The van der Waals surface area contributed by atoms with Crippen LogP contribution in [0, 0.1) is 11.8 Å². The van der Waals surface area contributed by atoms with Crippen molar-refractivity contribution in [3.63, 3.8) is 0 Å². The van der Waals surface area contributed by atoms with Crippen molar-refractivity contribution >= 4 is 21.8 Å². The molecule has 2 atom stereocenters. The molecule has 1 N–H and O–H groups in total. The number of rotatable bonds is 2. The van der Waals surface area contributed by atoms with Crippen molar-refractivity contribution in [2.24, 2.45) is 16.2 Å². The van der Waals surface area contributed by atoms with Crippen LogP contribution in [0.3, 0.4) is 0 Å². The third-order valence-electron chi connectivity index (χ3n) is 5.40. The topological polar surface area (TPSA) is 78.8 Å². The molecule has 1 saturated heterocycles. The van der Waals surface area contributed by atoms with Crippen LogP contribution in [0.15, 0.2) is 15.7 Å². The van der Waals surface area contributed by atoms with Gasteiger partial charge in [0.1, 0.15) is 0 Å². The van der Waals surface area contributed by atoms with Gasteiger partial charge in [-0.3, -0.25) is 9.52 Å². The summed E-state index contributed by atoms with van der Waals surface area (Å²) in [6, 6.07) is 0. The predicted molar refractivity (Wildman–Crippen MR) is 89.1 cm³/mol. The van der Waals surface area contributed by atoms with E-state index < -0.39 is 10.2 Å². The van der Waals surface area contributed by atoms with Gasteiger partial charge in [-0.1, -0.05) is 19.3 Å². The Hall–Kier alpha value is -1.37. The first kappa shape index (κ1) is 16.5. The molecule has 7 heteroatoms. The number of fused-ring (bicyclic) bond motifs is 1. The molecule has 23 heavy (non-hydrogen) atoms. The van der Waals surface area contributed by atoms with Gasteiger partial charge in [-0.25, -0.2) is 0 Å². The molecule has 1 amide bonds. The lowest BCUT2D eigenvalue weighted by atomic mass is 9.75. The van der Waals surface area contributed by atoms with Crippen LogP contribution in [0.2, 0.25) is 0 Å². The summed E-state index contributed by atoms with van der Waals surface area (Å²) in [6.45, 7) is 5.02. The van der Waals surface area contributed by atoms with Gasteiger partial charge < -0.3 is 4.90 Å². The number of hydrogen-bond acceptors (Lipinski definition) is 3. The van der Waals surface area contributed by atoms with Gasteiger partial charge in [-0.05, 0) is 38.5 Å². The second-order valence-electron chi connectivity index (χ2n) is 6.97. The SMILES string of the molecule is CC1=NS(=O)(=O)NC(C)=C1CC(=O)N1CC[C@H]2CCCC[C@H]2C1. The van der Waals surface area contributed by atoms with E-state index in [2.05, 4.69) is 9.12 Å². The Bertz CT molecular complexity index is 666. The molecule has 0 aromatic carbocycles. The molecular formula is C16H25N3O3S. The monoisotopic (exact) mass is 339 g/mol. The number of likely N-dealkylation sites (tertiary alicyclic amines) is 1. The number of carbonyl (C=O) groups is 1. The van der Waals surface area contributed by atoms with E-state index in [0.29, 0.717) is 22.9 Å². The quantitative estimate of drug-likeness (QED) is 0.836. The average Bonchev–Trinajstić information content (AvgIpc) is 2.49. The van der Waals surface area contributed by atoms with Crippen molar-refractivity contribution in [3.8, 4) is 0 Å². The number of amides is 1. The Morgan fingerprint density at radius 2 is 1.91 bits per heavy atom. The molecule has 128 valence electrons. The summed E-state index contributed by atoms with van der Waals surface area (Å²) >= 11 is 0. The van der Waals surface area contributed by atoms with Crippen molar-refractivity contribution in [1.82, 2.24) is 9.62 Å². The fourth-order valence-electron chi connectivity index (χ4n) is 4.14. The molecule has 0 unspecified atom stereocenters. The van der Waals surface area contributed by atoms with Crippen LogP contribution < -0.4 is 4.72 Å². The first-order valence-electron chi connectivity index (χ1n) is 8.43. The molecule has 2 fully saturated rings. The third-order valence-corrected chi connectivity index (χ3v) is 6.48. The minimum atomic E-state index is -3.64. The van der Waals surface area contributed by atoms with Crippen LogP contribution in [-0.2, 0) is 15.0 Å². The van der Waals surface area contributed by atoms with E-state index in [1.54, 1.807) is 13.8 Å². The van der Waals surface area contributed by atoms with E-state index in [1.807, 2.05) is 4.90 Å². The summed E-state index contributed by atoms with van der Waals surface area (Å²) in [7, 11) is -3.64. The summed E-state index contributed by atoms with van der Waals surface area (Å²) in [5, 5.41) is 0. The Morgan fingerprint density at radius 3 is 2.61 bits per heavy atom. The lowest BCUT2D eigenvalue weighted by molar-refractivity contribution is -0.133. The molecule has 0 spiro atoms. The van der Waals surface area contributed by atoms with Crippen LogP contribution >= 0.6 is 0 Å². The highest BCUT2D eigenvalue weighted by molar-refractivity contribution is 7.88. The minimum Gasteiger partial charge on any atom is -0.342 e. The van der Waals surface area contributed by atoms with Crippen LogP contribution in [0.1, 0.15) is 52.4 Å². The Labute approximate surface area is 138 Å². The molecular weight excluding hydrogens is 314 g/mol. The zero-order valence-electron chi connectivity index (χ0n) is 13.8. The fraction of sp³-hybridized carbons (Fsp3) is 0.750. The second-order valence-corrected chi connectivity index (χ2v) is 8.30. The normalized spacial score (nSPS) is 30.3. The maximum Gasteiger partial charge on any atom is 0.342 e. The van der Waals surface area contributed by atoms with E-state index in [4.69, 9.17) is 0 Å². The highest BCUT2D eigenvalue weighted by atomic mass is 32.2. The van der Waals surface area contributed by atoms with Gasteiger partial charge >= 0.3 is 10.2 Å². The first-order chi connectivity index (χ1) is 10.9. The van der Waals surface area contributed by atoms with Crippen LogP contribution in [0.4, 0.5) is 0 Å². The van der Waals surface area contributed by atoms with Gasteiger partial charge in [-0.15, -0.1) is 4.40 Å². The Kier molecular flexibility index (Phi) is 4.49. The number of carbonyl (C=O) groups excluding carboxylic acids is 1. The summed E-state index contributed by atoms with van der Waals surface area (Å²) in [6.07, 6.45) is 6.48. The third kappa shape index (κ3) is 3.59. The molecule has 0 aromatic heterocycles. The molecule has 1 aliphatic carbocycles. The van der Waals surface area contributed by atoms with E-state index in [-0.39, 0.29) is 12.3 Å². The standard InChI is InChI=1S/C16H25N3O3S/c1-11-15(12(2)18-23(21,22)17-11)9-16(20)19-8-7-13-5-3-4-6-14(13)10-19/h13-14,17H,3-10H2,1-2H3/t13-,14+/m1/s1. The molecule has 0 radical (unpaired) electrons. The second kappa shape index (κ2) is 6.26. The van der Waals surface area contributed by atoms with Crippen molar-refractivity contribution in [2.45, 2.75) is 52.4 Å². The van der Waals surface area contributed by atoms with Gasteiger partial charge in [-0.2, -0.15) is 8.42 Å². The molecule has 2 aliphatic heterocycles. The molecule has 0 bridgehead atoms. The average molecular weight is 339 g/mol. The van der Waals surface area contributed by atoms with Crippen LogP contribution in [-0.4, -0.2) is 38.0 Å². The van der Waals surface area contributed by atoms with E-state index >= 15 is 0 Å². The maximum absolute atomic E-state index is 12.7. The van der Waals surface area contributed by atoms with E-state index in [1.165, 1.54) is 25.7 Å². The summed E-state index contributed by atoms with van der Waals surface area (Å²) in [4.78, 5) is 14.6. The highest BCUT2D eigenvalue weighted by Gasteiger charge is 2.33. The van der Waals surface area contributed by atoms with Crippen molar-refractivity contribution in [2.75, 3.05) is 13.1 Å². The summed E-state index contributed by atoms with van der Waals surface area (Å²) in [5.74, 6) is 1.52. The molecule has 3 rings (SSSR count). The fourth-order valence-corrected chi connectivity index (χ4v) is 5.16. The molecule has 0 aromatic rings. The highest BCUT2D eigenvalue weighted by Crippen LogP contribution is 2.36. The van der Waals surface area contributed by atoms with Gasteiger partial charge in [0.2, 0.25) is 5.91 Å². The zero-order valence-corrected chi connectivity index (χ0v) is 14.7. The largest absolute Gasteiger partial charge is 0.342 e. The molecule has 2 heterocycles. The molecule has 1 saturated carbocycles. The lowest BCUT2D eigenvalue weighted by Crippen LogP contribution is -2.45. The lowest BCUT2D eigenvalue weighted by Gasteiger charge is -2.41. The number of allylic oxidation sites excluding steroid dienone is 1. The van der Waals surface area contributed by atoms with Crippen molar-refractivity contribution in [1.29, 1.82) is 0 Å². The number of hydrogen-bond donors (Lipinski definition) is 1. The van der Waals surface area contributed by atoms with Crippen LogP contribution in [0.25, 0.3) is 0 Å². The molecule has 6 nitrogen and oxygen atoms in total. The summed E-state index contributed by atoms with van der Waals surface area (Å²) < 4.78 is 29.1. The smallest absolute Gasteiger partial charge is 0.342 e. The Balaban J connectivity index is 1.67. The summed E-state index contributed by atoms with van der Waals surface area (Å²) in [5.41, 5.74) is 1.64. The Morgan fingerprint density at radius 1 is 1.22 bits per heavy atom. The van der Waals surface area contributed by atoms with E-state index in [0.717, 1.165) is 25.4 Å². The minimum absolute atomic E-state index is 0.0824. The van der Waals surface area contributed by atoms with E-state index in [9.17, 15) is 13.2 Å². The van der Waals surface area contributed by atoms with Gasteiger partial charge in [0.25, 0.3) is 0 Å². The first-order valence-corrected chi connectivity index (χ1v) is 9.87. The maximum atomic E-state index is 12.7.